The molecule has 0 radical (unpaired) electrons. The van der Waals surface area contributed by atoms with Crippen molar-refractivity contribution in [1.82, 2.24) is 0 Å². The van der Waals surface area contributed by atoms with Gasteiger partial charge in [-0.25, -0.2) is 4.79 Å². The third kappa shape index (κ3) is 3.27. The number of aromatic carboxylic acids is 1. The lowest BCUT2D eigenvalue weighted by molar-refractivity contribution is -0.384. The average molecular weight is 337 g/mol. The molecule has 124 valence electrons. The first-order valence-corrected chi connectivity index (χ1v) is 7.11. The summed E-state index contributed by atoms with van der Waals surface area (Å²) in [6, 6.07) is 13.3. The predicted molar refractivity (Wildman–Crippen MR) is 89.8 cm³/mol. The number of phenols is 1. The lowest BCUT2D eigenvalue weighted by Gasteiger charge is -2.05. The molecule has 0 aromatic heterocycles. The van der Waals surface area contributed by atoms with Gasteiger partial charge in [-0.2, -0.15) is 5.11 Å². The van der Waals surface area contributed by atoms with Crippen LogP contribution in [0.15, 0.2) is 64.8 Å². The molecule has 3 rings (SSSR count). The van der Waals surface area contributed by atoms with Crippen LogP contribution in [-0.4, -0.2) is 21.1 Å². The first-order valence-electron chi connectivity index (χ1n) is 7.11. The topological polar surface area (TPSA) is 125 Å². The molecule has 8 nitrogen and oxygen atoms in total. The van der Waals surface area contributed by atoms with Crippen LogP contribution in [0.5, 0.6) is 5.75 Å². The van der Waals surface area contributed by atoms with E-state index in [1.807, 2.05) is 0 Å². The van der Waals surface area contributed by atoms with Crippen molar-refractivity contribution in [1.29, 1.82) is 0 Å². The Labute approximate surface area is 140 Å². The first kappa shape index (κ1) is 16.1. The van der Waals surface area contributed by atoms with Crippen LogP contribution in [0.4, 0.5) is 17.1 Å². The second-order valence-electron chi connectivity index (χ2n) is 5.15. The minimum absolute atomic E-state index is 0.0503. The molecule has 0 aliphatic heterocycles. The summed E-state index contributed by atoms with van der Waals surface area (Å²) in [6.45, 7) is 0. The van der Waals surface area contributed by atoms with Crippen molar-refractivity contribution in [3.05, 3.63) is 70.3 Å². The standard InChI is InChI=1S/C17H11N3O5/c21-16-8-10-2-1-3-15(13(10)9-14(16)17(22)23)19-18-11-4-6-12(7-5-11)20(24)25/h1-9,21H,(H,22,23). The van der Waals surface area contributed by atoms with Gasteiger partial charge in [-0.05, 0) is 35.7 Å². The first-order chi connectivity index (χ1) is 12.0. The quantitative estimate of drug-likeness (QED) is 0.410. The second-order valence-corrected chi connectivity index (χ2v) is 5.15. The molecule has 2 N–H and O–H groups in total. The van der Waals surface area contributed by atoms with Gasteiger partial charge in [0.15, 0.2) is 0 Å². The lowest BCUT2D eigenvalue weighted by atomic mass is 10.0. The number of nitro groups is 1. The highest BCUT2D eigenvalue weighted by Crippen LogP contribution is 2.32. The minimum atomic E-state index is -1.25. The van der Waals surface area contributed by atoms with Gasteiger partial charge in [0, 0.05) is 17.5 Å². The molecule has 0 heterocycles. The number of non-ortho nitro benzene ring substituents is 1. The number of nitro benzene ring substituents is 1. The fourth-order valence-corrected chi connectivity index (χ4v) is 2.31. The molecule has 3 aromatic rings. The number of carboxylic acid groups (broad SMARTS) is 1. The van der Waals surface area contributed by atoms with E-state index in [0.717, 1.165) is 0 Å². The molecular formula is C17H11N3O5. The highest BCUT2D eigenvalue weighted by Gasteiger charge is 2.12. The highest BCUT2D eigenvalue weighted by atomic mass is 16.6. The van der Waals surface area contributed by atoms with Gasteiger partial charge in [0.1, 0.15) is 11.3 Å². The summed E-state index contributed by atoms with van der Waals surface area (Å²) in [4.78, 5) is 21.3. The maximum atomic E-state index is 11.2. The summed E-state index contributed by atoms with van der Waals surface area (Å²) in [5.41, 5.74) is 0.550. The molecule has 0 unspecified atom stereocenters. The predicted octanol–water partition coefficient (Wildman–Crippen LogP) is 4.57. The zero-order valence-electron chi connectivity index (χ0n) is 12.7. The van der Waals surface area contributed by atoms with Gasteiger partial charge in [0.25, 0.3) is 5.69 Å². The Bertz CT molecular complexity index is 1010. The fourth-order valence-electron chi connectivity index (χ4n) is 2.31. The molecule has 0 saturated carbocycles. The Hall–Kier alpha value is -3.81. The molecule has 0 atom stereocenters. The van der Waals surface area contributed by atoms with E-state index < -0.39 is 10.9 Å². The zero-order chi connectivity index (χ0) is 18.0. The number of carboxylic acids is 1. The fraction of sp³-hybridized carbons (Fsp3) is 0. The molecule has 0 fully saturated rings. The third-order valence-electron chi connectivity index (χ3n) is 3.54. The third-order valence-corrected chi connectivity index (χ3v) is 3.54. The number of hydrogen-bond acceptors (Lipinski definition) is 6. The second kappa shape index (κ2) is 6.36. The number of carbonyl (C=O) groups is 1. The van der Waals surface area contributed by atoms with E-state index in [9.17, 15) is 20.0 Å². The summed E-state index contributed by atoms with van der Waals surface area (Å²) >= 11 is 0. The van der Waals surface area contributed by atoms with Gasteiger partial charge in [-0.3, -0.25) is 10.1 Å². The summed E-state index contributed by atoms with van der Waals surface area (Å²) in [5, 5.41) is 38.8. The summed E-state index contributed by atoms with van der Waals surface area (Å²) in [5.74, 6) is -1.58. The monoisotopic (exact) mass is 337 g/mol. The zero-order valence-corrected chi connectivity index (χ0v) is 12.7. The van der Waals surface area contributed by atoms with E-state index >= 15 is 0 Å². The molecule has 0 bridgehead atoms. The van der Waals surface area contributed by atoms with E-state index in [1.54, 1.807) is 18.2 Å². The Morgan fingerprint density at radius 1 is 1.04 bits per heavy atom. The average Bonchev–Trinajstić information content (AvgIpc) is 2.59. The van der Waals surface area contributed by atoms with Crippen LogP contribution in [0.25, 0.3) is 10.8 Å². The number of fused-ring (bicyclic) bond motifs is 1. The van der Waals surface area contributed by atoms with Crippen molar-refractivity contribution in [3.8, 4) is 5.75 Å². The number of azo groups is 1. The van der Waals surface area contributed by atoms with Crippen LogP contribution in [0, 0.1) is 10.1 Å². The van der Waals surface area contributed by atoms with Crippen molar-refractivity contribution in [2.24, 2.45) is 10.2 Å². The molecule has 0 aliphatic carbocycles. The van der Waals surface area contributed by atoms with E-state index in [0.29, 0.717) is 22.1 Å². The van der Waals surface area contributed by atoms with Gasteiger partial charge in [-0.15, -0.1) is 5.11 Å². The van der Waals surface area contributed by atoms with E-state index in [1.165, 1.54) is 36.4 Å². The normalized spacial score (nSPS) is 11.0. The van der Waals surface area contributed by atoms with Gasteiger partial charge < -0.3 is 10.2 Å². The molecule has 8 heteroatoms. The number of aromatic hydroxyl groups is 1. The van der Waals surface area contributed by atoms with Crippen molar-refractivity contribution < 1.29 is 19.9 Å². The van der Waals surface area contributed by atoms with Crippen LogP contribution < -0.4 is 0 Å². The molecule has 3 aromatic carbocycles. The SMILES string of the molecule is O=C(O)c1cc2c(N=Nc3ccc([N+](=O)[O-])cc3)cccc2cc1O. The van der Waals surface area contributed by atoms with E-state index in [2.05, 4.69) is 10.2 Å². The maximum Gasteiger partial charge on any atom is 0.339 e. The minimum Gasteiger partial charge on any atom is -0.507 e. The Kier molecular flexibility index (Phi) is 4.09. The van der Waals surface area contributed by atoms with Crippen LogP contribution in [0.3, 0.4) is 0 Å². The van der Waals surface area contributed by atoms with Gasteiger partial charge >= 0.3 is 5.97 Å². The number of benzene rings is 3. The van der Waals surface area contributed by atoms with Crippen molar-refractivity contribution in [2.45, 2.75) is 0 Å². The van der Waals surface area contributed by atoms with Crippen molar-refractivity contribution in [2.75, 3.05) is 0 Å². The largest absolute Gasteiger partial charge is 0.507 e. The maximum absolute atomic E-state index is 11.2. The highest BCUT2D eigenvalue weighted by molar-refractivity contribution is 6.01. The molecule has 0 aliphatic rings. The molecule has 0 spiro atoms. The number of nitrogens with zero attached hydrogens (tertiary/aromatic N) is 3. The van der Waals surface area contributed by atoms with Gasteiger partial charge in [-0.1, -0.05) is 12.1 Å². The van der Waals surface area contributed by atoms with Crippen LogP contribution in [0.2, 0.25) is 0 Å². The van der Waals surface area contributed by atoms with Crippen LogP contribution in [-0.2, 0) is 0 Å². The van der Waals surface area contributed by atoms with Crippen LogP contribution in [0.1, 0.15) is 10.4 Å². The Balaban J connectivity index is 2.01. The molecular weight excluding hydrogens is 326 g/mol. The summed E-state index contributed by atoms with van der Waals surface area (Å²) in [7, 11) is 0. The number of rotatable bonds is 4. The molecule has 25 heavy (non-hydrogen) atoms. The smallest absolute Gasteiger partial charge is 0.339 e. The molecule has 0 saturated heterocycles. The lowest BCUT2D eigenvalue weighted by Crippen LogP contribution is -1.96. The van der Waals surface area contributed by atoms with Gasteiger partial charge in [0.2, 0.25) is 0 Å². The Morgan fingerprint density at radius 3 is 2.40 bits per heavy atom. The van der Waals surface area contributed by atoms with E-state index in [4.69, 9.17) is 5.11 Å². The summed E-state index contributed by atoms with van der Waals surface area (Å²) < 4.78 is 0. The molecule has 0 amide bonds. The summed E-state index contributed by atoms with van der Waals surface area (Å²) in [6.07, 6.45) is 0. The van der Waals surface area contributed by atoms with Crippen molar-refractivity contribution in [3.63, 3.8) is 0 Å². The van der Waals surface area contributed by atoms with Crippen LogP contribution >= 0.6 is 0 Å². The Morgan fingerprint density at radius 2 is 1.76 bits per heavy atom. The van der Waals surface area contributed by atoms with Gasteiger partial charge in [0.05, 0.1) is 16.3 Å². The van der Waals surface area contributed by atoms with Crippen molar-refractivity contribution >= 4 is 33.8 Å². The van der Waals surface area contributed by atoms with E-state index in [-0.39, 0.29) is 17.0 Å². The number of hydrogen-bond donors (Lipinski definition) is 2.